The normalized spacial score (nSPS) is 13.9. The molecule has 0 spiro atoms. The Morgan fingerprint density at radius 1 is 1.30 bits per heavy atom. The minimum atomic E-state index is -4.40. The molecule has 1 heterocycles. The van der Waals surface area contributed by atoms with Crippen LogP contribution in [-0.4, -0.2) is 21.7 Å². The van der Waals surface area contributed by atoms with Crippen LogP contribution in [0.1, 0.15) is 33.3 Å². The summed E-state index contributed by atoms with van der Waals surface area (Å²) in [5.41, 5.74) is -1.15. The maximum Gasteiger partial charge on any atom is 0.417 e. The maximum atomic E-state index is 12.4. The minimum absolute atomic E-state index is 0.177. The van der Waals surface area contributed by atoms with Gasteiger partial charge in [0.15, 0.2) is 0 Å². The number of pyridine rings is 1. The van der Waals surface area contributed by atoms with E-state index < -0.39 is 17.0 Å². The number of halogens is 3. The fourth-order valence-corrected chi connectivity index (χ4v) is 2.11. The van der Waals surface area contributed by atoms with Gasteiger partial charge in [-0.05, 0) is 39.8 Å². The van der Waals surface area contributed by atoms with Gasteiger partial charge in [-0.25, -0.2) is 4.98 Å². The Balaban J connectivity index is 2.67. The van der Waals surface area contributed by atoms with Crippen molar-refractivity contribution in [1.29, 1.82) is 0 Å². The first-order valence-electron chi connectivity index (χ1n) is 6.01. The molecule has 0 fully saturated rings. The molecule has 1 aromatic rings. The zero-order valence-corrected chi connectivity index (χ0v) is 12.5. The van der Waals surface area contributed by atoms with Crippen LogP contribution in [0.5, 0.6) is 0 Å². The van der Waals surface area contributed by atoms with Gasteiger partial charge in [-0.1, -0.05) is 11.8 Å². The molecule has 1 atom stereocenters. The van der Waals surface area contributed by atoms with Gasteiger partial charge in [0.25, 0.3) is 0 Å². The minimum Gasteiger partial charge on any atom is -0.351 e. The maximum absolute atomic E-state index is 12.4. The molecule has 0 saturated heterocycles. The summed E-state index contributed by atoms with van der Waals surface area (Å²) in [6.45, 7) is 7.26. The van der Waals surface area contributed by atoms with E-state index in [1.165, 1.54) is 6.07 Å². The summed E-state index contributed by atoms with van der Waals surface area (Å²) < 4.78 is 37.2. The predicted molar refractivity (Wildman–Crippen MR) is 72.5 cm³/mol. The van der Waals surface area contributed by atoms with Gasteiger partial charge in [0.1, 0.15) is 0 Å². The molecule has 112 valence electrons. The van der Waals surface area contributed by atoms with Crippen molar-refractivity contribution >= 4 is 17.7 Å². The van der Waals surface area contributed by atoms with Crippen molar-refractivity contribution in [2.45, 2.75) is 49.7 Å². The van der Waals surface area contributed by atoms with Crippen molar-refractivity contribution in [3.05, 3.63) is 23.9 Å². The van der Waals surface area contributed by atoms with Crippen LogP contribution in [0.3, 0.4) is 0 Å². The van der Waals surface area contributed by atoms with E-state index in [1.807, 2.05) is 20.8 Å². The Labute approximate surface area is 120 Å². The molecule has 1 amide bonds. The first kappa shape index (κ1) is 16.8. The number of amides is 1. The van der Waals surface area contributed by atoms with Crippen LogP contribution >= 0.6 is 11.8 Å². The number of thioether (sulfide) groups is 1. The smallest absolute Gasteiger partial charge is 0.351 e. The number of aromatic nitrogens is 1. The quantitative estimate of drug-likeness (QED) is 0.869. The Morgan fingerprint density at radius 3 is 2.30 bits per heavy atom. The lowest BCUT2D eigenvalue weighted by Crippen LogP contribution is -2.44. The molecule has 0 saturated carbocycles. The first-order valence-corrected chi connectivity index (χ1v) is 6.89. The number of hydrogen-bond acceptors (Lipinski definition) is 3. The van der Waals surface area contributed by atoms with E-state index in [2.05, 4.69) is 10.3 Å². The topological polar surface area (TPSA) is 42.0 Å². The average molecular weight is 306 g/mol. The van der Waals surface area contributed by atoms with E-state index in [9.17, 15) is 18.0 Å². The average Bonchev–Trinajstić information content (AvgIpc) is 2.26. The molecule has 1 aromatic heterocycles. The summed E-state index contributed by atoms with van der Waals surface area (Å²) in [5, 5.41) is 2.76. The standard InChI is InChI=1S/C13H17F3N2OS/c1-8(11(19)18-12(2,3)4)20-10-6-5-9(7-17-10)13(14,15)16/h5-8H,1-4H3,(H,18,19)/t8-/m1/s1. The summed E-state index contributed by atoms with van der Waals surface area (Å²) in [7, 11) is 0. The molecular formula is C13H17F3N2OS. The van der Waals surface area contributed by atoms with E-state index in [1.54, 1.807) is 6.92 Å². The third kappa shape index (κ3) is 5.40. The number of rotatable bonds is 3. The van der Waals surface area contributed by atoms with Gasteiger partial charge < -0.3 is 5.32 Å². The molecule has 3 nitrogen and oxygen atoms in total. The van der Waals surface area contributed by atoms with Crippen LogP contribution in [0.2, 0.25) is 0 Å². The van der Waals surface area contributed by atoms with E-state index in [0.29, 0.717) is 5.03 Å². The van der Waals surface area contributed by atoms with Crippen LogP contribution in [0.15, 0.2) is 23.4 Å². The Morgan fingerprint density at radius 2 is 1.90 bits per heavy atom. The lowest BCUT2D eigenvalue weighted by Gasteiger charge is -2.22. The second kappa shape index (κ2) is 6.03. The van der Waals surface area contributed by atoms with E-state index in [0.717, 1.165) is 24.0 Å². The predicted octanol–water partition coefficient (Wildman–Crippen LogP) is 3.50. The third-order valence-electron chi connectivity index (χ3n) is 2.23. The molecule has 20 heavy (non-hydrogen) atoms. The lowest BCUT2D eigenvalue weighted by molar-refractivity contribution is -0.137. The first-order chi connectivity index (χ1) is 8.99. The van der Waals surface area contributed by atoms with Crippen molar-refractivity contribution in [2.75, 3.05) is 0 Å². The summed E-state index contributed by atoms with van der Waals surface area (Å²) >= 11 is 1.12. The largest absolute Gasteiger partial charge is 0.417 e. The SMILES string of the molecule is C[C@@H](Sc1ccc(C(F)(F)F)cn1)C(=O)NC(C)(C)C. The van der Waals surface area contributed by atoms with Crippen LogP contribution in [-0.2, 0) is 11.0 Å². The zero-order valence-electron chi connectivity index (χ0n) is 11.7. The summed E-state index contributed by atoms with van der Waals surface area (Å²) in [5.74, 6) is -0.177. The van der Waals surface area contributed by atoms with Gasteiger partial charge in [-0.2, -0.15) is 13.2 Å². The number of carbonyl (C=O) groups is 1. The summed E-state index contributed by atoms with van der Waals surface area (Å²) in [6, 6.07) is 2.23. The van der Waals surface area contributed by atoms with Crippen molar-refractivity contribution in [3.63, 3.8) is 0 Å². The molecule has 0 aliphatic carbocycles. The van der Waals surface area contributed by atoms with Crippen LogP contribution < -0.4 is 5.32 Å². The molecular weight excluding hydrogens is 289 g/mol. The van der Waals surface area contributed by atoms with E-state index in [-0.39, 0.29) is 11.4 Å². The Hall–Kier alpha value is -1.24. The van der Waals surface area contributed by atoms with E-state index in [4.69, 9.17) is 0 Å². The van der Waals surface area contributed by atoms with Crippen molar-refractivity contribution in [2.24, 2.45) is 0 Å². The van der Waals surface area contributed by atoms with Crippen LogP contribution in [0.25, 0.3) is 0 Å². The van der Waals surface area contributed by atoms with Gasteiger partial charge in [-0.3, -0.25) is 4.79 Å². The molecule has 0 aliphatic rings. The molecule has 1 rings (SSSR count). The van der Waals surface area contributed by atoms with Crippen LogP contribution in [0.4, 0.5) is 13.2 Å². The molecule has 0 aliphatic heterocycles. The number of carbonyl (C=O) groups excluding carboxylic acids is 1. The van der Waals surface area contributed by atoms with Crippen molar-refractivity contribution < 1.29 is 18.0 Å². The van der Waals surface area contributed by atoms with Crippen LogP contribution in [0, 0.1) is 0 Å². The number of nitrogens with one attached hydrogen (secondary N) is 1. The fraction of sp³-hybridized carbons (Fsp3) is 0.538. The van der Waals surface area contributed by atoms with Gasteiger partial charge in [-0.15, -0.1) is 0 Å². The zero-order chi connectivity index (χ0) is 15.6. The molecule has 0 radical (unpaired) electrons. The highest BCUT2D eigenvalue weighted by atomic mass is 32.2. The summed E-state index contributed by atoms with van der Waals surface area (Å²) in [4.78, 5) is 15.6. The number of hydrogen-bond donors (Lipinski definition) is 1. The second-order valence-corrected chi connectivity index (χ2v) is 6.74. The van der Waals surface area contributed by atoms with Crippen molar-refractivity contribution in [3.8, 4) is 0 Å². The second-order valence-electron chi connectivity index (χ2n) is 5.38. The third-order valence-corrected chi connectivity index (χ3v) is 3.28. The highest BCUT2D eigenvalue weighted by molar-refractivity contribution is 8.00. The van der Waals surface area contributed by atoms with Gasteiger partial charge >= 0.3 is 6.18 Å². The molecule has 7 heteroatoms. The molecule has 0 bridgehead atoms. The Kier molecular flexibility index (Phi) is 5.07. The van der Waals surface area contributed by atoms with Crippen molar-refractivity contribution in [1.82, 2.24) is 10.3 Å². The number of nitrogens with zero attached hydrogens (tertiary/aromatic N) is 1. The monoisotopic (exact) mass is 306 g/mol. The highest BCUT2D eigenvalue weighted by Crippen LogP contribution is 2.30. The lowest BCUT2D eigenvalue weighted by atomic mass is 10.1. The molecule has 0 aromatic carbocycles. The fourth-order valence-electron chi connectivity index (χ4n) is 1.32. The highest BCUT2D eigenvalue weighted by Gasteiger charge is 2.30. The number of alkyl halides is 3. The van der Waals surface area contributed by atoms with E-state index >= 15 is 0 Å². The van der Waals surface area contributed by atoms with Gasteiger partial charge in [0, 0.05) is 11.7 Å². The molecule has 1 N–H and O–H groups in total. The van der Waals surface area contributed by atoms with Gasteiger partial charge in [0.05, 0.1) is 15.8 Å². The Bertz CT molecular complexity index is 466. The molecule has 0 unspecified atom stereocenters. The van der Waals surface area contributed by atoms with Gasteiger partial charge in [0.2, 0.25) is 5.91 Å². The summed E-state index contributed by atoms with van der Waals surface area (Å²) in [6.07, 6.45) is -3.62.